The lowest BCUT2D eigenvalue weighted by molar-refractivity contribution is -0.148. The first-order chi connectivity index (χ1) is 6.20. The van der Waals surface area contributed by atoms with E-state index < -0.39 is 24.0 Å². The van der Waals surface area contributed by atoms with E-state index in [0.29, 0.717) is 12.8 Å². The molecule has 1 rings (SSSR count). The van der Waals surface area contributed by atoms with Crippen molar-refractivity contribution in [3.63, 3.8) is 0 Å². The zero-order valence-corrected chi connectivity index (χ0v) is 7.25. The largest absolute Gasteiger partial charge is 0.469 e. The standard InChI is InChI=1S/C7H11N3O3/c1-13-7(12)4-2-3-5(6(4)11)9-10-8/h4-6,11H,2-3H2,1H3. The van der Waals surface area contributed by atoms with Gasteiger partial charge >= 0.3 is 5.97 Å². The summed E-state index contributed by atoms with van der Waals surface area (Å²) in [6.45, 7) is 0. The number of esters is 1. The number of aliphatic hydroxyl groups excluding tert-OH is 1. The van der Waals surface area contributed by atoms with Crippen LogP contribution in [0.4, 0.5) is 0 Å². The Kier molecular flexibility index (Phi) is 3.11. The van der Waals surface area contributed by atoms with E-state index in [1.807, 2.05) is 0 Å². The van der Waals surface area contributed by atoms with Crippen molar-refractivity contribution in [2.24, 2.45) is 11.0 Å². The van der Waals surface area contributed by atoms with Gasteiger partial charge in [-0.25, -0.2) is 0 Å². The first-order valence-electron chi connectivity index (χ1n) is 4.00. The molecule has 0 aliphatic heterocycles. The second kappa shape index (κ2) is 4.11. The molecule has 13 heavy (non-hydrogen) atoms. The minimum Gasteiger partial charge on any atom is -0.469 e. The molecule has 0 aromatic heterocycles. The van der Waals surface area contributed by atoms with Crippen LogP contribution in [0.3, 0.4) is 0 Å². The van der Waals surface area contributed by atoms with Gasteiger partial charge in [-0.2, -0.15) is 0 Å². The summed E-state index contributed by atoms with van der Waals surface area (Å²) < 4.78 is 4.50. The van der Waals surface area contributed by atoms with Crippen LogP contribution in [0.15, 0.2) is 5.11 Å². The Hall–Kier alpha value is -1.26. The number of azide groups is 1. The van der Waals surface area contributed by atoms with Gasteiger partial charge in [-0.3, -0.25) is 4.79 Å². The molecule has 0 spiro atoms. The van der Waals surface area contributed by atoms with Crippen molar-refractivity contribution in [3.8, 4) is 0 Å². The normalized spacial score (nSPS) is 32.3. The number of hydrogen-bond donors (Lipinski definition) is 1. The minimum absolute atomic E-state index is 0.442. The number of nitrogens with zero attached hydrogens (tertiary/aromatic N) is 3. The molecule has 0 aromatic rings. The zero-order valence-electron chi connectivity index (χ0n) is 7.25. The summed E-state index contributed by atoms with van der Waals surface area (Å²) in [5.41, 5.74) is 8.16. The molecule has 3 atom stereocenters. The van der Waals surface area contributed by atoms with Gasteiger partial charge in [-0.15, -0.1) is 0 Å². The van der Waals surface area contributed by atoms with Crippen molar-refractivity contribution >= 4 is 5.97 Å². The van der Waals surface area contributed by atoms with Crippen LogP contribution < -0.4 is 0 Å². The highest BCUT2D eigenvalue weighted by molar-refractivity contribution is 5.73. The summed E-state index contributed by atoms with van der Waals surface area (Å²) in [6, 6.07) is -0.492. The van der Waals surface area contributed by atoms with E-state index >= 15 is 0 Å². The molecule has 1 fully saturated rings. The highest BCUT2D eigenvalue weighted by Gasteiger charge is 2.39. The Bertz CT molecular complexity index is 249. The first-order valence-corrected chi connectivity index (χ1v) is 4.00. The Balaban J connectivity index is 2.64. The maximum absolute atomic E-state index is 11.1. The van der Waals surface area contributed by atoms with Crippen LogP contribution in [-0.2, 0) is 9.53 Å². The van der Waals surface area contributed by atoms with Crippen molar-refractivity contribution in [1.29, 1.82) is 0 Å². The van der Waals surface area contributed by atoms with Crippen molar-refractivity contribution in [3.05, 3.63) is 10.4 Å². The predicted molar refractivity (Wildman–Crippen MR) is 43.7 cm³/mol. The van der Waals surface area contributed by atoms with Crippen molar-refractivity contribution in [1.82, 2.24) is 0 Å². The molecule has 6 heteroatoms. The summed E-state index contributed by atoms with van der Waals surface area (Å²) in [5, 5.41) is 12.9. The fraction of sp³-hybridized carbons (Fsp3) is 0.857. The summed E-state index contributed by atoms with van der Waals surface area (Å²) >= 11 is 0. The van der Waals surface area contributed by atoms with Gasteiger partial charge in [0.15, 0.2) is 0 Å². The molecular weight excluding hydrogens is 174 g/mol. The van der Waals surface area contributed by atoms with Crippen LogP contribution in [0.1, 0.15) is 12.8 Å². The van der Waals surface area contributed by atoms with Gasteiger partial charge in [-0.05, 0) is 18.4 Å². The zero-order chi connectivity index (χ0) is 9.84. The molecule has 3 unspecified atom stereocenters. The molecule has 72 valence electrons. The average Bonchev–Trinajstić information content (AvgIpc) is 2.48. The van der Waals surface area contributed by atoms with E-state index in [0.717, 1.165) is 0 Å². The molecule has 1 N–H and O–H groups in total. The summed E-state index contributed by atoms with van der Waals surface area (Å²) in [7, 11) is 1.27. The van der Waals surface area contributed by atoms with Crippen LogP contribution in [0, 0.1) is 5.92 Å². The van der Waals surface area contributed by atoms with Gasteiger partial charge in [0, 0.05) is 4.91 Å². The summed E-state index contributed by atoms with van der Waals surface area (Å²) in [6.07, 6.45) is 0.144. The Morgan fingerprint density at radius 2 is 2.38 bits per heavy atom. The fourth-order valence-corrected chi connectivity index (χ4v) is 1.56. The quantitative estimate of drug-likeness (QED) is 0.295. The van der Waals surface area contributed by atoms with Crippen LogP contribution in [0.25, 0.3) is 10.4 Å². The number of hydrogen-bond acceptors (Lipinski definition) is 4. The second-order valence-electron chi connectivity index (χ2n) is 2.97. The van der Waals surface area contributed by atoms with Gasteiger partial charge in [0.1, 0.15) is 0 Å². The molecular formula is C7H11N3O3. The molecule has 0 aromatic carbocycles. The van der Waals surface area contributed by atoms with Crippen LogP contribution in [-0.4, -0.2) is 30.3 Å². The molecule has 0 radical (unpaired) electrons. The maximum atomic E-state index is 11.1. The third-order valence-corrected chi connectivity index (χ3v) is 2.28. The van der Waals surface area contributed by atoms with Crippen molar-refractivity contribution < 1.29 is 14.6 Å². The Morgan fingerprint density at radius 3 is 2.92 bits per heavy atom. The number of rotatable bonds is 2. The van der Waals surface area contributed by atoms with Gasteiger partial charge in [-0.1, -0.05) is 5.11 Å². The molecule has 0 saturated heterocycles. The topological polar surface area (TPSA) is 95.3 Å². The monoisotopic (exact) mass is 185 g/mol. The number of carbonyl (C=O) groups excluding carboxylic acids is 1. The van der Waals surface area contributed by atoms with Crippen LogP contribution in [0.2, 0.25) is 0 Å². The number of carbonyl (C=O) groups is 1. The molecule has 1 aliphatic carbocycles. The number of aliphatic hydroxyl groups is 1. The molecule has 0 heterocycles. The predicted octanol–water partition coefficient (Wildman–Crippen LogP) is 0.609. The SMILES string of the molecule is COC(=O)C1CCC(N=[N+]=[N-])C1O. The molecule has 1 aliphatic rings. The summed E-state index contributed by atoms with van der Waals surface area (Å²) in [4.78, 5) is 13.7. The van der Waals surface area contributed by atoms with Gasteiger partial charge in [0.25, 0.3) is 0 Å². The lowest BCUT2D eigenvalue weighted by Crippen LogP contribution is -2.29. The lowest BCUT2D eigenvalue weighted by atomic mass is 10.1. The minimum atomic E-state index is -0.900. The van der Waals surface area contributed by atoms with Crippen molar-refractivity contribution in [2.45, 2.75) is 25.0 Å². The molecule has 0 amide bonds. The first kappa shape index (κ1) is 9.83. The smallest absolute Gasteiger partial charge is 0.311 e. The highest BCUT2D eigenvalue weighted by Crippen LogP contribution is 2.29. The second-order valence-corrected chi connectivity index (χ2v) is 2.97. The van der Waals surface area contributed by atoms with Gasteiger partial charge < -0.3 is 9.84 Å². The Labute approximate surface area is 75.1 Å². The fourth-order valence-electron chi connectivity index (χ4n) is 1.56. The third kappa shape index (κ3) is 1.91. The number of methoxy groups -OCH3 is 1. The van der Waals surface area contributed by atoms with Crippen molar-refractivity contribution in [2.75, 3.05) is 7.11 Å². The Morgan fingerprint density at radius 1 is 1.69 bits per heavy atom. The highest BCUT2D eigenvalue weighted by atomic mass is 16.5. The third-order valence-electron chi connectivity index (χ3n) is 2.28. The van der Waals surface area contributed by atoms with E-state index in [1.54, 1.807) is 0 Å². The van der Waals surface area contributed by atoms with E-state index in [1.165, 1.54) is 7.11 Å². The van der Waals surface area contributed by atoms with Gasteiger partial charge in [0.05, 0.1) is 25.2 Å². The molecule has 1 saturated carbocycles. The van der Waals surface area contributed by atoms with E-state index in [9.17, 15) is 9.90 Å². The maximum Gasteiger partial charge on any atom is 0.311 e. The average molecular weight is 185 g/mol. The molecule has 6 nitrogen and oxygen atoms in total. The lowest BCUT2D eigenvalue weighted by Gasteiger charge is -2.13. The van der Waals surface area contributed by atoms with Gasteiger partial charge in [0.2, 0.25) is 0 Å². The number of ether oxygens (including phenoxy) is 1. The van der Waals surface area contributed by atoms with E-state index in [-0.39, 0.29) is 0 Å². The van der Waals surface area contributed by atoms with Crippen LogP contribution in [0.5, 0.6) is 0 Å². The summed E-state index contributed by atoms with van der Waals surface area (Å²) in [5.74, 6) is -0.983. The molecule has 0 bridgehead atoms. The van der Waals surface area contributed by atoms with E-state index in [2.05, 4.69) is 14.8 Å². The van der Waals surface area contributed by atoms with E-state index in [4.69, 9.17) is 5.53 Å². The van der Waals surface area contributed by atoms with Crippen LogP contribution >= 0.6 is 0 Å².